The number of anilines is 1. The van der Waals surface area contributed by atoms with E-state index in [4.69, 9.17) is 0 Å². The van der Waals surface area contributed by atoms with Crippen LogP contribution in [0.15, 0.2) is 24.3 Å². The average molecular weight is 287 g/mol. The lowest BCUT2D eigenvalue weighted by atomic mass is 9.94. The highest BCUT2D eigenvalue weighted by molar-refractivity contribution is 7.12. The number of fused-ring (bicyclic) bond motifs is 1. The average Bonchev–Trinajstić information content (AvgIpc) is 2.77. The van der Waals surface area contributed by atoms with Crippen LogP contribution in [-0.4, -0.2) is 11.0 Å². The second-order valence-corrected chi connectivity index (χ2v) is 6.45. The first kappa shape index (κ1) is 13.2. The molecule has 20 heavy (non-hydrogen) atoms. The fraction of sp³-hybridized carbons (Fsp3) is 0.312. The van der Waals surface area contributed by atoms with Crippen LogP contribution >= 0.6 is 11.3 Å². The summed E-state index contributed by atoms with van der Waals surface area (Å²) in [6, 6.07) is 6.57. The Morgan fingerprint density at radius 3 is 2.65 bits per heavy atom. The lowest BCUT2D eigenvalue weighted by molar-refractivity contribution is 0.102. The standard InChI is InChI=1S/C16H17NO2S/c1-10-15(13-4-2-3-5-14(13)20-10)16(19)17-11-6-8-12(18)9-7-11/h6-9,18H,2-5H2,1H3,(H,17,19). The van der Waals surface area contributed by atoms with Gasteiger partial charge in [0.05, 0.1) is 5.56 Å². The zero-order valence-corrected chi connectivity index (χ0v) is 12.2. The second-order valence-electron chi connectivity index (χ2n) is 5.14. The van der Waals surface area contributed by atoms with Gasteiger partial charge in [0.25, 0.3) is 5.91 Å². The normalized spacial score (nSPS) is 13.8. The van der Waals surface area contributed by atoms with E-state index in [1.165, 1.54) is 23.3 Å². The number of phenols is 1. The highest BCUT2D eigenvalue weighted by Gasteiger charge is 2.23. The van der Waals surface area contributed by atoms with E-state index in [-0.39, 0.29) is 11.7 Å². The summed E-state index contributed by atoms with van der Waals surface area (Å²) in [6.07, 6.45) is 4.51. The van der Waals surface area contributed by atoms with Gasteiger partial charge in [-0.25, -0.2) is 0 Å². The third-order valence-electron chi connectivity index (χ3n) is 3.70. The number of carbonyl (C=O) groups is 1. The van der Waals surface area contributed by atoms with Gasteiger partial charge in [-0.2, -0.15) is 0 Å². The number of carbonyl (C=O) groups excluding carboxylic acids is 1. The third kappa shape index (κ3) is 2.43. The van der Waals surface area contributed by atoms with Crippen molar-refractivity contribution in [1.82, 2.24) is 0 Å². The van der Waals surface area contributed by atoms with Crippen molar-refractivity contribution in [3.63, 3.8) is 0 Å². The summed E-state index contributed by atoms with van der Waals surface area (Å²) in [5.41, 5.74) is 2.82. The number of rotatable bonds is 2. The van der Waals surface area contributed by atoms with E-state index in [2.05, 4.69) is 5.32 Å². The minimum absolute atomic E-state index is 0.0346. The molecule has 1 aliphatic carbocycles. The number of benzene rings is 1. The first-order valence-corrected chi connectivity index (χ1v) is 7.68. The van der Waals surface area contributed by atoms with Crippen molar-refractivity contribution in [3.05, 3.63) is 45.1 Å². The molecule has 0 spiro atoms. The van der Waals surface area contributed by atoms with Gasteiger partial charge >= 0.3 is 0 Å². The fourth-order valence-corrected chi connectivity index (χ4v) is 4.00. The summed E-state index contributed by atoms with van der Waals surface area (Å²) >= 11 is 1.76. The summed E-state index contributed by atoms with van der Waals surface area (Å²) in [5.74, 6) is 0.166. The van der Waals surface area contributed by atoms with Gasteiger partial charge in [0, 0.05) is 15.4 Å². The molecule has 0 atom stereocenters. The van der Waals surface area contributed by atoms with Crippen molar-refractivity contribution in [1.29, 1.82) is 0 Å². The Morgan fingerprint density at radius 1 is 1.20 bits per heavy atom. The zero-order chi connectivity index (χ0) is 14.1. The molecule has 0 saturated carbocycles. The van der Waals surface area contributed by atoms with Gasteiger partial charge in [0.1, 0.15) is 5.75 Å². The van der Waals surface area contributed by atoms with Gasteiger partial charge < -0.3 is 10.4 Å². The van der Waals surface area contributed by atoms with Gasteiger partial charge in [-0.15, -0.1) is 11.3 Å². The van der Waals surface area contributed by atoms with Crippen molar-refractivity contribution in [3.8, 4) is 5.75 Å². The van der Waals surface area contributed by atoms with Crippen LogP contribution in [0.2, 0.25) is 0 Å². The van der Waals surface area contributed by atoms with Crippen LogP contribution < -0.4 is 5.32 Å². The molecule has 3 rings (SSSR count). The third-order valence-corrected chi connectivity index (χ3v) is 4.91. The van der Waals surface area contributed by atoms with Gasteiger partial charge in [0.15, 0.2) is 0 Å². The van der Waals surface area contributed by atoms with Crippen LogP contribution in [0.25, 0.3) is 0 Å². The molecule has 1 aromatic heterocycles. The first-order valence-electron chi connectivity index (χ1n) is 6.86. The van der Waals surface area contributed by atoms with E-state index in [0.29, 0.717) is 5.69 Å². The monoisotopic (exact) mass is 287 g/mol. The molecule has 4 heteroatoms. The number of nitrogens with one attached hydrogen (secondary N) is 1. The molecule has 0 bridgehead atoms. The molecule has 0 aliphatic heterocycles. The quantitative estimate of drug-likeness (QED) is 0.823. The van der Waals surface area contributed by atoms with Gasteiger partial charge in [-0.3, -0.25) is 4.79 Å². The summed E-state index contributed by atoms with van der Waals surface area (Å²) in [4.78, 5) is 15.0. The summed E-state index contributed by atoms with van der Waals surface area (Å²) in [5, 5.41) is 12.2. The van der Waals surface area contributed by atoms with E-state index in [1.807, 2.05) is 6.92 Å². The molecule has 2 N–H and O–H groups in total. The molecule has 1 aliphatic rings. The minimum atomic E-state index is -0.0346. The van der Waals surface area contributed by atoms with Crippen molar-refractivity contribution < 1.29 is 9.90 Å². The minimum Gasteiger partial charge on any atom is -0.508 e. The molecular weight excluding hydrogens is 270 g/mol. The summed E-state index contributed by atoms with van der Waals surface area (Å²) in [7, 11) is 0. The lowest BCUT2D eigenvalue weighted by Gasteiger charge is -2.13. The SMILES string of the molecule is Cc1sc2c(c1C(=O)Nc1ccc(O)cc1)CCCC2. The number of phenolic OH excluding ortho intramolecular Hbond substituents is 1. The largest absolute Gasteiger partial charge is 0.508 e. The Balaban J connectivity index is 1.87. The van der Waals surface area contributed by atoms with E-state index in [0.717, 1.165) is 23.3 Å². The molecule has 104 valence electrons. The molecule has 0 fully saturated rings. The van der Waals surface area contributed by atoms with E-state index >= 15 is 0 Å². The smallest absolute Gasteiger partial charge is 0.257 e. The van der Waals surface area contributed by atoms with Crippen LogP contribution in [0.5, 0.6) is 5.75 Å². The fourth-order valence-electron chi connectivity index (χ4n) is 2.74. The van der Waals surface area contributed by atoms with Crippen molar-refractivity contribution in [2.24, 2.45) is 0 Å². The Bertz CT molecular complexity index is 643. The number of thiophene rings is 1. The molecule has 0 radical (unpaired) electrons. The Kier molecular flexibility index (Phi) is 3.49. The predicted molar refractivity (Wildman–Crippen MR) is 81.8 cm³/mol. The van der Waals surface area contributed by atoms with Crippen molar-refractivity contribution >= 4 is 22.9 Å². The number of hydrogen-bond donors (Lipinski definition) is 2. The second kappa shape index (κ2) is 5.29. The predicted octanol–water partition coefficient (Wildman–Crippen LogP) is 3.89. The molecule has 2 aromatic rings. The maximum atomic E-state index is 12.5. The Hall–Kier alpha value is -1.81. The highest BCUT2D eigenvalue weighted by Crippen LogP contribution is 2.34. The molecule has 1 aromatic carbocycles. The van der Waals surface area contributed by atoms with Crippen molar-refractivity contribution in [2.75, 3.05) is 5.32 Å². The van der Waals surface area contributed by atoms with Gasteiger partial charge in [-0.05, 0) is 62.4 Å². The van der Waals surface area contributed by atoms with Gasteiger partial charge in [-0.1, -0.05) is 0 Å². The topological polar surface area (TPSA) is 49.3 Å². The molecule has 1 amide bonds. The number of amides is 1. The maximum Gasteiger partial charge on any atom is 0.257 e. The first-order chi connectivity index (χ1) is 9.65. The van der Waals surface area contributed by atoms with E-state index in [9.17, 15) is 9.90 Å². The van der Waals surface area contributed by atoms with E-state index in [1.54, 1.807) is 35.6 Å². The molecule has 0 unspecified atom stereocenters. The number of hydrogen-bond acceptors (Lipinski definition) is 3. The van der Waals surface area contributed by atoms with Gasteiger partial charge in [0.2, 0.25) is 0 Å². The Morgan fingerprint density at radius 2 is 1.90 bits per heavy atom. The van der Waals surface area contributed by atoms with Crippen LogP contribution in [0, 0.1) is 6.92 Å². The molecular formula is C16H17NO2S. The van der Waals surface area contributed by atoms with Crippen LogP contribution in [0.1, 0.15) is 38.5 Å². The van der Waals surface area contributed by atoms with Crippen LogP contribution in [0.3, 0.4) is 0 Å². The van der Waals surface area contributed by atoms with Crippen molar-refractivity contribution in [2.45, 2.75) is 32.6 Å². The molecule has 0 saturated heterocycles. The molecule has 3 nitrogen and oxygen atoms in total. The van der Waals surface area contributed by atoms with Crippen LogP contribution in [0.4, 0.5) is 5.69 Å². The highest BCUT2D eigenvalue weighted by atomic mass is 32.1. The summed E-state index contributed by atoms with van der Waals surface area (Å²) < 4.78 is 0. The van der Waals surface area contributed by atoms with Crippen LogP contribution in [-0.2, 0) is 12.8 Å². The lowest BCUT2D eigenvalue weighted by Crippen LogP contribution is -2.15. The number of aromatic hydroxyl groups is 1. The Labute approximate surface area is 122 Å². The zero-order valence-electron chi connectivity index (χ0n) is 11.4. The number of aryl methyl sites for hydroxylation is 2. The summed E-state index contributed by atoms with van der Waals surface area (Å²) in [6.45, 7) is 2.02. The van der Waals surface area contributed by atoms with E-state index < -0.39 is 0 Å². The molecule has 1 heterocycles. The maximum absolute atomic E-state index is 12.5.